The highest BCUT2D eigenvalue weighted by molar-refractivity contribution is 8.93. The summed E-state index contributed by atoms with van der Waals surface area (Å²) in [5, 5.41) is 8.91. The van der Waals surface area contributed by atoms with Crippen molar-refractivity contribution in [2.75, 3.05) is 13.2 Å². The number of aliphatic hydroxyl groups excluding tert-OH is 1. The van der Waals surface area contributed by atoms with Crippen LogP contribution < -0.4 is 4.80 Å². The van der Waals surface area contributed by atoms with Crippen LogP contribution in [-0.2, 0) is 0 Å². The zero-order valence-corrected chi connectivity index (χ0v) is 16.0. The molecule has 0 saturated heterocycles. The first-order valence-corrected chi connectivity index (χ1v) is 8.39. The van der Waals surface area contributed by atoms with Crippen LogP contribution in [0, 0.1) is 6.92 Å². The summed E-state index contributed by atoms with van der Waals surface area (Å²) in [4.78, 5) is 9.90. The summed E-state index contributed by atoms with van der Waals surface area (Å²) < 4.78 is 2.11. The number of benzene rings is 2. The van der Waals surface area contributed by atoms with E-state index in [1.807, 2.05) is 18.2 Å². The third-order valence-corrected chi connectivity index (χ3v) is 4.35. The van der Waals surface area contributed by atoms with Crippen LogP contribution >= 0.6 is 28.5 Å². The van der Waals surface area contributed by atoms with Crippen molar-refractivity contribution in [3.8, 4) is 17.1 Å². The molecule has 0 aliphatic carbocycles. The van der Waals surface area contributed by atoms with Crippen molar-refractivity contribution >= 4 is 28.5 Å². The summed E-state index contributed by atoms with van der Waals surface area (Å²) in [6.45, 7) is 2.82. The highest BCUT2D eigenvalue weighted by Crippen LogP contribution is 2.22. The molecule has 3 aromatic rings. The topological polar surface area (TPSA) is 50.4 Å². The Hall–Kier alpha value is -1.76. The highest BCUT2D eigenvalue weighted by atomic mass is 79.9. The molecule has 2 aromatic carbocycles. The second-order valence-electron chi connectivity index (χ2n) is 5.27. The van der Waals surface area contributed by atoms with Crippen LogP contribution in [0.4, 0.5) is 0 Å². The number of halogens is 1. The zero-order valence-electron chi connectivity index (χ0n) is 13.4. The minimum atomic E-state index is 0. The van der Waals surface area contributed by atoms with Gasteiger partial charge in [0.15, 0.2) is 5.82 Å². The third-order valence-electron chi connectivity index (χ3n) is 3.40. The smallest absolute Gasteiger partial charge is 0.223 e. The number of hydrogen-bond donors (Lipinski definition) is 1. The summed E-state index contributed by atoms with van der Waals surface area (Å²) >= 11 is 1.52. The number of aromatic nitrogens is 2. The lowest BCUT2D eigenvalue weighted by Crippen LogP contribution is -2.00. The Bertz CT molecular complexity index is 843. The maximum atomic E-state index is 8.91. The number of aryl methyl sites for hydroxylation is 1. The maximum Gasteiger partial charge on any atom is 0.223 e. The summed E-state index contributed by atoms with van der Waals surface area (Å²) in [5.41, 5.74) is 3.36. The molecule has 1 aromatic heterocycles. The van der Waals surface area contributed by atoms with E-state index in [4.69, 9.17) is 10.1 Å². The van der Waals surface area contributed by atoms with Crippen molar-refractivity contribution in [1.29, 1.82) is 0 Å². The Morgan fingerprint density at radius 2 is 1.92 bits per heavy atom. The molecule has 3 rings (SSSR count). The number of hydrogen-bond acceptors (Lipinski definition) is 4. The van der Waals surface area contributed by atoms with Gasteiger partial charge in [0.1, 0.15) is 0 Å². The van der Waals surface area contributed by atoms with E-state index in [0.717, 1.165) is 21.9 Å². The van der Waals surface area contributed by atoms with E-state index in [2.05, 4.69) is 52.3 Å². The summed E-state index contributed by atoms with van der Waals surface area (Å²) in [6.07, 6.45) is 0.657. The molecular weight excluding hydrogens is 386 g/mol. The largest absolute Gasteiger partial charge is 0.396 e. The van der Waals surface area contributed by atoms with E-state index < -0.39 is 0 Å². The van der Waals surface area contributed by atoms with E-state index >= 15 is 0 Å². The predicted molar refractivity (Wildman–Crippen MR) is 104 cm³/mol. The standard InChI is InChI=1S/C18H19N3OS.BrH/c1-14-7-5-10-16(13-14)21-17(15-8-3-2-4-9-15)20-18(23-21)19-11-6-12-22;/h2-5,7-10,13,22H,6,11-12H2,1H3;1H. The van der Waals surface area contributed by atoms with Gasteiger partial charge in [-0.2, -0.15) is 4.98 Å². The molecule has 0 spiro atoms. The molecule has 0 unspecified atom stereocenters. The quantitative estimate of drug-likeness (QED) is 0.656. The molecule has 0 aliphatic rings. The molecule has 6 heteroatoms. The Balaban J connectivity index is 0.00000208. The van der Waals surface area contributed by atoms with Crippen LogP contribution in [0.2, 0.25) is 0 Å². The van der Waals surface area contributed by atoms with Crippen molar-refractivity contribution in [3.05, 3.63) is 65.0 Å². The van der Waals surface area contributed by atoms with Gasteiger partial charge in [0, 0.05) is 18.7 Å². The van der Waals surface area contributed by atoms with Gasteiger partial charge in [0.05, 0.1) is 5.69 Å². The molecule has 0 bridgehead atoms. The van der Waals surface area contributed by atoms with Gasteiger partial charge in [0.25, 0.3) is 0 Å². The molecule has 0 saturated carbocycles. The molecule has 0 fully saturated rings. The van der Waals surface area contributed by atoms with Crippen molar-refractivity contribution in [1.82, 2.24) is 8.94 Å². The van der Waals surface area contributed by atoms with Crippen molar-refractivity contribution < 1.29 is 5.11 Å². The summed E-state index contributed by atoms with van der Waals surface area (Å²) in [6, 6.07) is 18.5. The second-order valence-corrected chi connectivity index (χ2v) is 6.18. The first kappa shape index (κ1) is 18.6. The molecule has 1 heterocycles. The molecule has 0 radical (unpaired) electrons. The summed E-state index contributed by atoms with van der Waals surface area (Å²) in [7, 11) is 0. The van der Waals surface area contributed by atoms with Crippen LogP contribution in [0.25, 0.3) is 17.1 Å². The SMILES string of the molecule is Br.Cc1cccc(-n2sc(=NCCCO)nc2-c2ccccc2)c1. The van der Waals surface area contributed by atoms with E-state index in [0.29, 0.717) is 13.0 Å². The Labute approximate surface area is 156 Å². The number of nitrogens with zero attached hydrogens (tertiary/aromatic N) is 3. The average molecular weight is 406 g/mol. The Kier molecular flexibility index (Phi) is 6.90. The van der Waals surface area contributed by atoms with Gasteiger partial charge < -0.3 is 5.11 Å². The zero-order chi connectivity index (χ0) is 16.1. The lowest BCUT2D eigenvalue weighted by atomic mass is 10.2. The third kappa shape index (κ3) is 4.41. The molecule has 0 amide bonds. The lowest BCUT2D eigenvalue weighted by Gasteiger charge is -2.06. The molecule has 4 nitrogen and oxygen atoms in total. The fraction of sp³-hybridized carbons (Fsp3) is 0.222. The maximum absolute atomic E-state index is 8.91. The summed E-state index contributed by atoms with van der Waals surface area (Å²) in [5.74, 6) is 0.893. The molecule has 126 valence electrons. The van der Waals surface area contributed by atoms with E-state index in [1.165, 1.54) is 17.1 Å². The minimum Gasteiger partial charge on any atom is -0.396 e. The van der Waals surface area contributed by atoms with Gasteiger partial charge in [0.2, 0.25) is 4.80 Å². The molecule has 0 atom stereocenters. The first-order chi connectivity index (χ1) is 11.3. The van der Waals surface area contributed by atoms with Gasteiger partial charge in [-0.15, -0.1) is 17.0 Å². The highest BCUT2D eigenvalue weighted by Gasteiger charge is 2.10. The Morgan fingerprint density at radius 1 is 1.12 bits per heavy atom. The normalized spacial score (nSPS) is 11.3. The molecule has 0 aliphatic heterocycles. The van der Waals surface area contributed by atoms with E-state index in [-0.39, 0.29) is 23.6 Å². The second kappa shape index (κ2) is 8.92. The average Bonchev–Trinajstić information content (AvgIpc) is 3.00. The fourth-order valence-corrected chi connectivity index (χ4v) is 3.18. The van der Waals surface area contributed by atoms with Crippen LogP contribution in [0.15, 0.2) is 59.6 Å². The van der Waals surface area contributed by atoms with Gasteiger partial charge in [-0.25, -0.2) is 3.96 Å². The molecule has 24 heavy (non-hydrogen) atoms. The number of rotatable bonds is 5. The minimum absolute atomic E-state index is 0. The van der Waals surface area contributed by atoms with Crippen molar-refractivity contribution in [2.24, 2.45) is 4.99 Å². The van der Waals surface area contributed by atoms with Gasteiger partial charge in [-0.1, -0.05) is 42.5 Å². The van der Waals surface area contributed by atoms with Gasteiger partial charge in [-0.3, -0.25) is 4.99 Å². The monoisotopic (exact) mass is 405 g/mol. The fourth-order valence-electron chi connectivity index (χ4n) is 2.29. The van der Waals surface area contributed by atoms with E-state index in [1.54, 1.807) is 0 Å². The van der Waals surface area contributed by atoms with Crippen LogP contribution in [0.3, 0.4) is 0 Å². The first-order valence-electron chi connectivity index (χ1n) is 7.62. The van der Waals surface area contributed by atoms with Crippen LogP contribution in [-0.4, -0.2) is 27.2 Å². The molecule has 1 N–H and O–H groups in total. The van der Waals surface area contributed by atoms with Crippen molar-refractivity contribution in [2.45, 2.75) is 13.3 Å². The van der Waals surface area contributed by atoms with Crippen LogP contribution in [0.1, 0.15) is 12.0 Å². The Morgan fingerprint density at radius 3 is 2.62 bits per heavy atom. The van der Waals surface area contributed by atoms with Crippen LogP contribution in [0.5, 0.6) is 0 Å². The van der Waals surface area contributed by atoms with Crippen molar-refractivity contribution in [3.63, 3.8) is 0 Å². The van der Waals surface area contributed by atoms with Gasteiger partial charge >= 0.3 is 0 Å². The van der Waals surface area contributed by atoms with E-state index in [9.17, 15) is 0 Å². The molecular formula is C18H20BrN3OS. The lowest BCUT2D eigenvalue weighted by molar-refractivity contribution is 0.291. The van der Waals surface area contributed by atoms with Gasteiger partial charge in [-0.05, 0) is 42.6 Å². The predicted octanol–water partition coefficient (Wildman–Crippen LogP) is 3.77. The number of aliphatic hydroxyl groups is 1.